The summed E-state index contributed by atoms with van der Waals surface area (Å²) in [5.74, 6) is 0.430. The third-order valence-corrected chi connectivity index (χ3v) is 5.82. The number of aryl methyl sites for hydroxylation is 3. The van der Waals surface area contributed by atoms with Crippen molar-refractivity contribution in [1.29, 1.82) is 0 Å². The van der Waals surface area contributed by atoms with Crippen LogP contribution in [0.2, 0.25) is 0 Å². The molecular weight excluding hydrogens is 360 g/mol. The van der Waals surface area contributed by atoms with Crippen LogP contribution in [0.25, 0.3) is 16.6 Å². The fourth-order valence-corrected chi connectivity index (χ4v) is 3.90. The predicted molar refractivity (Wildman–Crippen MR) is 115 cm³/mol. The molecule has 0 spiro atoms. The minimum absolute atomic E-state index is 0.0957. The van der Waals surface area contributed by atoms with Crippen LogP contribution < -0.4 is 5.56 Å². The maximum absolute atomic E-state index is 13.5. The monoisotopic (exact) mass is 384 g/mol. The molecule has 0 saturated heterocycles. The van der Waals surface area contributed by atoms with Gasteiger partial charge < -0.3 is 0 Å². The quantitative estimate of drug-likeness (QED) is 0.523. The van der Waals surface area contributed by atoms with Crippen LogP contribution in [0, 0.1) is 20.8 Å². The van der Waals surface area contributed by atoms with E-state index in [9.17, 15) is 4.79 Å². The van der Waals surface area contributed by atoms with E-state index in [0.717, 1.165) is 35.2 Å². The van der Waals surface area contributed by atoms with Crippen LogP contribution in [0.4, 0.5) is 0 Å². The largest absolute Gasteiger partial charge is 0.293 e. The van der Waals surface area contributed by atoms with Crippen molar-refractivity contribution in [1.82, 2.24) is 19.6 Å². The first-order chi connectivity index (χ1) is 14.0. The van der Waals surface area contributed by atoms with E-state index in [2.05, 4.69) is 50.1 Å². The van der Waals surface area contributed by atoms with Crippen LogP contribution >= 0.6 is 0 Å². The fraction of sp³-hybridized carbons (Fsp3) is 0.292. The molecule has 5 rings (SSSR count). The van der Waals surface area contributed by atoms with Crippen LogP contribution in [-0.2, 0) is 6.54 Å². The van der Waals surface area contributed by atoms with Gasteiger partial charge in [-0.1, -0.05) is 35.9 Å². The Hall–Kier alpha value is -3.21. The lowest BCUT2D eigenvalue weighted by Crippen LogP contribution is -2.26. The minimum Gasteiger partial charge on any atom is -0.265 e. The van der Waals surface area contributed by atoms with Gasteiger partial charge in [0.2, 0.25) is 0 Å². The smallest absolute Gasteiger partial charge is 0.265 e. The number of rotatable bonds is 4. The summed E-state index contributed by atoms with van der Waals surface area (Å²) in [5, 5.41) is 10.3. The van der Waals surface area contributed by atoms with Gasteiger partial charge in [0, 0.05) is 11.3 Å². The van der Waals surface area contributed by atoms with E-state index >= 15 is 0 Å². The van der Waals surface area contributed by atoms with E-state index in [0.29, 0.717) is 18.0 Å². The van der Waals surface area contributed by atoms with Crippen molar-refractivity contribution in [3.05, 3.63) is 87.0 Å². The standard InChI is InChI=1S/C24H24N4O/c1-15-5-4-6-18(11-15)14-27-24(29)23-21(22(26-27)19-8-9-19)13-25-28(23)20-10-7-16(2)17(3)12-20/h4-7,10-13,19H,8-9,14H2,1-3H3. The van der Waals surface area contributed by atoms with Gasteiger partial charge in [-0.2, -0.15) is 10.2 Å². The molecule has 0 amide bonds. The zero-order valence-electron chi connectivity index (χ0n) is 17.0. The van der Waals surface area contributed by atoms with Gasteiger partial charge in [0.25, 0.3) is 5.56 Å². The van der Waals surface area contributed by atoms with Gasteiger partial charge in [-0.05, 0) is 62.4 Å². The van der Waals surface area contributed by atoms with Gasteiger partial charge in [-0.25, -0.2) is 9.36 Å². The minimum atomic E-state index is -0.0957. The number of nitrogens with zero attached hydrogens (tertiary/aromatic N) is 4. The number of aromatic nitrogens is 4. The SMILES string of the molecule is Cc1cccc(Cn2nc(C3CC3)c3cnn(-c4ccc(C)c(C)c4)c3c2=O)c1. The second-order valence-electron chi connectivity index (χ2n) is 8.20. The van der Waals surface area contributed by atoms with Crippen LogP contribution in [-0.4, -0.2) is 19.6 Å². The van der Waals surface area contributed by atoms with Crippen molar-refractivity contribution < 1.29 is 0 Å². The molecule has 146 valence electrons. The molecule has 2 heterocycles. The van der Waals surface area contributed by atoms with Gasteiger partial charge in [0.1, 0.15) is 5.52 Å². The Labute approximate surface area is 169 Å². The summed E-state index contributed by atoms with van der Waals surface area (Å²) < 4.78 is 3.40. The molecule has 0 atom stereocenters. The predicted octanol–water partition coefficient (Wildman–Crippen LogP) is 4.43. The van der Waals surface area contributed by atoms with Gasteiger partial charge in [-0.3, -0.25) is 4.79 Å². The molecule has 5 nitrogen and oxygen atoms in total. The van der Waals surface area contributed by atoms with Crippen molar-refractivity contribution in [2.45, 2.75) is 46.1 Å². The maximum Gasteiger partial charge on any atom is 0.293 e. The Kier molecular flexibility index (Phi) is 4.12. The molecule has 0 unspecified atom stereocenters. The molecule has 29 heavy (non-hydrogen) atoms. The molecule has 4 aromatic rings. The molecule has 2 aromatic carbocycles. The average molecular weight is 384 g/mol. The summed E-state index contributed by atoms with van der Waals surface area (Å²) in [6, 6.07) is 14.4. The topological polar surface area (TPSA) is 52.7 Å². The van der Waals surface area contributed by atoms with Gasteiger partial charge in [0.05, 0.1) is 24.1 Å². The summed E-state index contributed by atoms with van der Waals surface area (Å²) >= 11 is 0. The fourth-order valence-electron chi connectivity index (χ4n) is 3.90. The van der Waals surface area contributed by atoms with Crippen LogP contribution in [0.15, 0.2) is 53.5 Å². The summed E-state index contributed by atoms with van der Waals surface area (Å²) in [5.41, 5.74) is 7.11. The van der Waals surface area contributed by atoms with Crippen molar-refractivity contribution in [2.24, 2.45) is 0 Å². The van der Waals surface area contributed by atoms with E-state index in [1.807, 2.05) is 24.4 Å². The van der Waals surface area contributed by atoms with Gasteiger partial charge in [0.15, 0.2) is 0 Å². The zero-order chi connectivity index (χ0) is 20.1. The van der Waals surface area contributed by atoms with Crippen molar-refractivity contribution >= 4 is 10.9 Å². The third kappa shape index (κ3) is 3.16. The molecule has 2 aromatic heterocycles. The van der Waals surface area contributed by atoms with E-state index in [1.165, 1.54) is 16.7 Å². The summed E-state index contributed by atoms with van der Waals surface area (Å²) in [6.45, 7) is 6.70. The summed E-state index contributed by atoms with van der Waals surface area (Å²) in [4.78, 5) is 13.5. The highest BCUT2D eigenvalue weighted by Gasteiger charge is 2.30. The second kappa shape index (κ2) is 6.69. The van der Waals surface area contributed by atoms with Crippen LogP contribution in [0.3, 0.4) is 0 Å². The maximum atomic E-state index is 13.5. The summed E-state index contributed by atoms with van der Waals surface area (Å²) in [6.07, 6.45) is 4.06. The lowest BCUT2D eigenvalue weighted by atomic mass is 10.1. The van der Waals surface area contributed by atoms with Gasteiger partial charge in [-0.15, -0.1) is 0 Å². The molecular formula is C24H24N4O. The second-order valence-corrected chi connectivity index (χ2v) is 8.20. The Morgan fingerprint density at radius 1 is 1.03 bits per heavy atom. The first-order valence-electron chi connectivity index (χ1n) is 10.1. The summed E-state index contributed by atoms with van der Waals surface area (Å²) in [7, 11) is 0. The van der Waals surface area contributed by atoms with Crippen molar-refractivity contribution in [2.75, 3.05) is 0 Å². The highest BCUT2D eigenvalue weighted by molar-refractivity contribution is 5.82. The average Bonchev–Trinajstić information content (AvgIpc) is 3.44. The lowest BCUT2D eigenvalue weighted by Gasteiger charge is -2.11. The van der Waals surface area contributed by atoms with Gasteiger partial charge >= 0.3 is 0 Å². The van der Waals surface area contributed by atoms with Crippen molar-refractivity contribution in [3.63, 3.8) is 0 Å². The molecule has 0 bridgehead atoms. The van der Waals surface area contributed by atoms with Crippen molar-refractivity contribution in [3.8, 4) is 5.69 Å². The Morgan fingerprint density at radius 2 is 1.86 bits per heavy atom. The molecule has 5 heteroatoms. The normalized spacial score (nSPS) is 13.9. The Morgan fingerprint density at radius 3 is 2.59 bits per heavy atom. The third-order valence-electron chi connectivity index (χ3n) is 5.82. The molecule has 1 fully saturated rings. The molecule has 0 aliphatic heterocycles. The molecule has 0 radical (unpaired) electrons. The number of hydrogen-bond acceptors (Lipinski definition) is 3. The first-order valence-corrected chi connectivity index (χ1v) is 10.1. The number of hydrogen-bond donors (Lipinski definition) is 0. The lowest BCUT2D eigenvalue weighted by molar-refractivity contribution is 0.626. The number of benzene rings is 2. The van der Waals surface area contributed by atoms with E-state index in [-0.39, 0.29) is 5.56 Å². The Balaban J connectivity index is 1.71. The zero-order valence-corrected chi connectivity index (χ0v) is 17.0. The van der Waals surface area contributed by atoms with E-state index < -0.39 is 0 Å². The molecule has 1 aliphatic carbocycles. The molecule has 0 N–H and O–H groups in total. The van der Waals surface area contributed by atoms with E-state index in [4.69, 9.17) is 5.10 Å². The highest BCUT2D eigenvalue weighted by Crippen LogP contribution is 2.41. The molecule has 1 aliphatic rings. The van der Waals surface area contributed by atoms with E-state index in [1.54, 1.807) is 9.36 Å². The van der Waals surface area contributed by atoms with Crippen LogP contribution in [0.5, 0.6) is 0 Å². The first kappa shape index (κ1) is 17.9. The highest BCUT2D eigenvalue weighted by atomic mass is 16.1. The Bertz CT molecular complexity index is 1290. The number of fused-ring (bicyclic) bond motifs is 1. The molecule has 1 saturated carbocycles. The van der Waals surface area contributed by atoms with Crippen LogP contribution in [0.1, 0.15) is 46.7 Å².